The van der Waals surface area contributed by atoms with Gasteiger partial charge in [-0.2, -0.15) is 0 Å². The highest BCUT2D eigenvalue weighted by Crippen LogP contribution is 2.16. The molecule has 28 heavy (non-hydrogen) atoms. The molecular formula is C21H33N3O4. The number of likely N-dealkylation sites (tertiary alicyclic amines) is 1. The molecule has 1 aliphatic heterocycles. The van der Waals surface area contributed by atoms with Gasteiger partial charge in [-0.25, -0.2) is 9.59 Å². The lowest BCUT2D eigenvalue weighted by Crippen LogP contribution is -2.47. The van der Waals surface area contributed by atoms with E-state index in [1.807, 2.05) is 58.2 Å². The van der Waals surface area contributed by atoms with Gasteiger partial charge in [0.1, 0.15) is 12.2 Å². The molecule has 0 radical (unpaired) electrons. The van der Waals surface area contributed by atoms with Crippen LogP contribution in [0.1, 0.15) is 39.2 Å². The quantitative estimate of drug-likeness (QED) is 0.806. The zero-order chi connectivity index (χ0) is 20.6. The van der Waals surface area contributed by atoms with Crippen LogP contribution >= 0.6 is 0 Å². The third-order valence-corrected chi connectivity index (χ3v) is 4.68. The van der Waals surface area contributed by atoms with Crippen molar-refractivity contribution in [2.45, 2.75) is 51.9 Å². The minimum atomic E-state index is -0.488. The van der Waals surface area contributed by atoms with Crippen molar-refractivity contribution < 1.29 is 19.1 Å². The van der Waals surface area contributed by atoms with E-state index in [1.165, 1.54) is 0 Å². The zero-order valence-corrected chi connectivity index (χ0v) is 17.4. The molecule has 0 spiro atoms. The summed E-state index contributed by atoms with van der Waals surface area (Å²) < 4.78 is 10.6. The van der Waals surface area contributed by atoms with Gasteiger partial charge in [0, 0.05) is 32.2 Å². The molecule has 2 rings (SSSR count). The van der Waals surface area contributed by atoms with Gasteiger partial charge in [0.2, 0.25) is 0 Å². The van der Waals surface area contributed by atoms with E-state index in [4.69, 9.17) is 9.47 Å². The number of ether oxygens (including phenoxy) is 2. The maximum absolute atomic E-state index is 12.2. The number of alkyl carbamates (subject to hydrolysis) is 1. The number of nitrogens with zero attached hydrogens (tertiary/aromatic N) is 2. The summed E-state index contributed by atoms with van der Waals surface area (Å²) in [6.07, 6.45) is 1.14. The molecular weight excluding hydrogens is 358 g/mol. The van der Waals surface area contributed by atoms with E-state index in [-0.39, 0.29) is 6.09 Å². The second-order valence-corrected chi connectivity index (χ2v) is 8.17. The molecule has 1 aromatic rings. The first kappa shape index (κ1) is 22.0. The van der Waals surface area contributed by atoms with Gasteiger partial charge in [0.25, 0.3) is 0 Å². The summed E-state index contributed by atoms with van der Waals surface area (Å²) >= 11 is 0. The maximum atomic E-state index is 12.2. The van der Waals surface area contributed by atoms with E-state index in [0.717, 1.165) is 24.9 Å². The Morgan fingerprint density at radius 1 is 1.18 bits per heavy atom. The number of likely N-dealkylation sites (N-methyl/N-ethyl adjacent to an activating group) is 1. The Morgan fingerprint density at radius 2 is 1.82 bits per heavy atom. The lowest BCUT2D eigenvalue weighted by Gasteiger charge is -2.36. The number of nitrogens with one attached hydrogen (secondary N) is 1. The minimum absolute atomic E-state index is 0.253. The Bertz CT molecular complexity index is 622. The number of piperidine rings is 1. The van der Waals surface area contributed by atoms with Crippen LogP contribution < -0.4 is 5.32 Å². The van der Waals surface area contributed by atoms with Gasteiger partial charge in [-0.1, -0.05) is 30.3 Å². The van der Waals surface area contributed by atoms with Crippen molar-refractivity contribution in [2.75, 3.05) is 33.2 Å². The first-order valence-corrected chi connectivity index (χ1v) is 9.87. The highest BCUT2D eigenvalue weighted by atomic mass is 16.6. The summed E-state index contributed by atoms with van der Waals surface area (Å²) in [7, 11) is 2.05. The first-order chi connectivity index (χ1) is 13.2. The van der Waals surface area contributed by atoms with Gasteiger partial charge < -0.3 is 24.6 Å². The van der Waals surface area contributed by atoms with Gasteiger partial charge in [-0.05, 0) is 46.2 Å². The number of benzene rings is 1. The highest BCUT2D eigenvalue weighted by molar-refractivity contribution is 5.68. The van der Waals surface area contributed by atoms with E-state index in [9.17, 15) is 9.59 Å². The second-order valence-electron chi connectivity index (χ2n) is 8.17. The van der Waals surface area contributed by atoms with Crippen molar-refractivity contribution in [1.29, 1.82) is 0 Å². The lowest BCUT2D eigenvalue weighted by atomic mass is 10.0. The fourth-order valence-electron chi connectivity index (χ4n) is 3.13. The van der Waals surface area contributed by atoms with Gasteiger partial charge in [0.15, 0.2) is 0 Å². The second kappa shape index (κ2) is 10.3. The Morgan fingerprint density at radius 3 is 2.43 bits per heavy atom. The molecule has 1 heterocycles. The predicted octanol–water partition coefficient (Wildman–Crippen LogP) is 3.24. The largest absolute Gasteiger partial charge is 0.445 e. The van der Waals surface area contributed by atoms with Crippen molar-refractivity contribution in [2.24, 2.45) is 0 Å². The SMILES string of the molecule is CN(CCNC(=O)OC(C)(C)C)C1CCN(C(=O)OCc2ccccc2)CC1. The average Bonchev–Trinajstić information content (AvgIpc) is 2.65. The van der Waals surface area contributed by atoms with E-state index >= 15 is 0 Å². The number of hydrogen-bond donors (Lipinski definition) is 1. The third kappa shape index (κ3) is 7.76. The minimum Gasteiger partial charge on any atom is -0.445 e. The van der Waals surface area contributed by atoms with Crippen LogP contribution in [0.4, 0.5) is 9.59 Å². The lowest BCUT2D eigenvalue weighted by molar-refractivity contribution is 0.0510. The molecule has 0 aromatic heterocycles. The van der Waals surface area contributed by atoms with Crippen LogP contribution in [0.25, 0.3) is 0 Å². The van der Waals surface area contributed by atoms with Crippen LogP contribution in [-0.4, -0.2) is 66.9 Å². The summed E-state index contributed by atoms with van der Waals surface area (Å²) in [4.78, 5) is 27.9. The Hall–Kier alpha value is -2.28. The van der Waals surface area contributed by atoms with Crippen molar-refractivity contribution in [3.63, 3.8) is 0 Å². The molecule has 2 amide bonds. The van der Waals surface area contributed by atoms with Crippen molar-refractivity contribution in [3.8, 4) is 0 Å². The molecule has 1 aliphatic rings. The Balaban J connectivity index is 1.64. The Kier molecular flexibility index (Phi) is 8.11. The summed E-state index contributed by atoms with van der Waals surface area (Å²) in [5.41, 5.74) is 0.501. The van der Waals surface area contributed by atoms with Crippen LogP contribution in [0.15, 0.2) is 30.3 Å². The number of rotatable bonds is 6. The number of carbonyl (C=O) groups is 2. The van der Waals surface area contributed by atoms with Crippen molar-refractivity contribution >= 4 is 12.2 Å². The monoisotopic (exact) mass is 391 g/mol. The molecule has 1 aromatic carbocycles. The molecule has 0 bridgehead atoms. The van der Waals surface area contributed by atoms with Gasteiger partial charge in [-0.15, -0.1) is 0 Å². The maximum Gasteiger partial charge on any atom is 0.410 e. The molecule has 7 heteroatoms. The van der Waals surface area contributed by atoms with Crippen molar-refractivity contribution in [1.82, 2.24) is 15.1 Å². The molecule has 1 saturated heterocycles. The van der Waals surface area contributed by atoms with Gasteiger partial charge in [-0.3, -0.25) is 0 Å². The fraction of sp³-hybridized carbons (Fsp3) is 0.619. The number of amides is 2. The summed E-state index contributed by atoms with van der Waals surface area (Å²) in [5, 5.41) is 2.78. The van der Waals surface area contributed by atoms with Gasteiger partial charge >= 0.3 is 12.2 Å². The van der Waals surface area contributed by atoms with E-state index < -0.39 is 11.7 Å². The van der Waals surface area contributed by atoms with Crippen LogP contribution in [0.3, 0.4) is 0 Å². The number of carbonyl (C=O) groups excluding carboxylic acids is 2. The average molecular weight is 392 g/mol. The first-order valence-electron chi connectivity index (χ1n) is 9.87. The molecule has 0 atom stereocenters. The molecule has 0 aliphatic carbocycles. The Labute approximate surface area is 168 Å². The third-order valence-electron chi connectivity index (χ3n) is 4.68. The molecule has 156 valence electrons. The molecule has 1 fully saturated rings. The normalized spacial score (nSPS) is 15.4. The van der Waals surface area contributed by atoms with E-state index in [1.54, 1.807) is 4.90 Å². The molecule has 7 nitrogen and oxygen atoms in total. The summed E-state index contributed by atoms with van der Waals surface area (Å²) in [6, 6.07) is 10.1. The van der Waals surface area contributed by atoms with E-state index in [0.29, 0.717) is 32.3 Å². The summed E-state index contributed by atoms with van der Waals surface area (Å²) in [5.74, 6) is 0. The van der Waals surface area contributed by atoms with Gasteiger partial charge in [0.05, 0.1) is 0 Å². The smallest absolute Gasteiger partial charge is 0.410 e. The van der Waals surface area contributed by atoms with Crippen LogP contribution in [0, 0.1) is 0 Å². The molecule has 0 saturated carbocycles. The van der Waals surface area contributed by atoms with Crippen LogP contribution in [0.5, 0.6) is 0 Å². The van der Waals surface area contributed by atoms with Crippen LogP contribution in [-0.2, 0) is 16.1 Å². The van der Waals surface area contributed by atoms with Crippen molar-refractivity contribution in [3.05, 3.63) is 35.9 Å². The fourth-order valence-corrected chi connectivity index (χ4v) is 3.13. The molecule has 1 N–H and O–H groups in total. The molecule has 0 unspecified atom stereocenters. The summed E-state index contributed by atoms with van der Waals surface area (Å²) in [6.45, 7) is 8.47. The predicted molar refractivity (Wildman–Crippen MR) is 108 cm³/mol. The zero-order valence-electron chi connectivity index (χ0n) is 17.4. The topological polar surface area (TPSA) is 71.1 Å². The van der Waals surface area contributed by atoms with E-state index in [2.05, 4.69) is 10.2 Å². The number of hydrogen-bond acceptors (Lipinski definition) is 5. The van der Waals surface area contributed by atoms with Crippen LogP contribution in [0.2, 0.25) is 0 Å². The highest BCUT2D eigenvalue weighted by Gasteiger charge is 2.26. The standard InChI is InChI=1S/C21H33N3O4/c1-21(2,3)28-19(25)22-12-15-23(4)18-10-13-24(14-11-18)20(26)27-16-17-8-6-5-7-9-17/h5-9,18H,10-16H2,1-4H3,(H,22,25).